The number of rotatable bonds is 3. The molecule has 1 atom stereocenters. The highest BCUT2D eigenvalue weighted by Crippen LogP contribution is 2.44. The predicted molar refractivity (Wildman–Crippen MR) is 53.6 cm³/mol. The third-order valence-corrected chi connectivity index (χ3v) is 2.50. The topological polar surface area (TPSA) is 102 Å². The maximum Gasteiger partial charge on any atom is 0.312 e. The summed E-state index contributed by atoms with van der Waals surface area (Å²) in [7, 11) is 0. The van der Waals surface area contributed by atoms with Crippen LogP contribution in [-0.2, 0) is 4.79 Å². The van der Waals surface area contributed by atoms with Crippen LogP contribution in [0.1, 0.15) is 11.5 Å². The van der Waals surface area contributed by atoms with Crippen molar-refractivity contribution in [1.82, 2.24) is 0 Å². The van der Waals surface area contributed by atoms with Gasteiger partial charge in [0.1, 0.15) is 5.92 Å². The smallest absolute Gasteiger partial charge is 0.312 e. The number of aromatic hydroxyl groups is 1. The van der Waals surface area contributed by atoms with Crippen molar-refractivity contribution in [3.63, 3.8) is 0 Å². The number of carboxylic acids is 1. The molecular formula is C10H10FNO5. The van der Waals surface area contributed by atoms with E-state index in [0.29, 0.717) is 0 Å². The van der Waals surface area contributed by atoms with E-state index >= 15 is 0 Å². The number of benzene rings is 1. The summed E-state index contributed by atoms with van der Waals surface area (Å²) in [5, 5.41) is 18.3. The molecule has 0 bridgehead atoms. The van der Waals surface area contributed by atoms with Crippen molar-refractivity contribution in [2.45, 2.75) is 5.92 Å². The van der Waals surface area contributed by atoms with Crippen molar-refractivity contribution >= 4 is 5.97 Å². The Hall–Kier alpha value is -2.02. The molecule has 2 rings (SSSR count). The molecule has 1 aromatic carbocycles. The lowest BCUT2D eigenvalue weighted by Gasteiger charge is -2.14. The zero-order valence-electron chi connectivity index (χ0n) is 8.64. The lowest BCUT2D eigenvalue weighted by Crippen LogP contribution is -2.22. The van der Waals surface area contributed by atoms with E-state index in [2.05, 4.69) is 0 Å². The minimum atomic E-state index is -1.30. The zero-order chi connectivity index (χ0) is 12.6. The molecule has 92 valence electrons. The van der Waals surface area contributed by atoms with Crippen LogP contribution in [0.4, 0.5) is 4.39 Å². The Bertz CT molecular complexity index is 476. The van der Waals surface area contributed by atoms with Gasteiger partial charge in [0.15, 0.2) is 23.1 Å². The monoisotopic (exact) mass is 243 g/mol. The second-order valence-corrected chi connectivity index (χ2v) is 3.48. The molecule has 0 aliphatic carbocycles. The number of hydrogen-bond acceptors (Lipinski definition) is 5. The molecule has 1 aliphatic heterocycles. The highest BCUT2D eigenvalue weighted by Gasteiger charge is 2.32. The molecule has 1 aromatic rings. The molecule has 0 radical (unpaired) electrons. The zero-order valence-corrected chi connectivity index (χ0v) is 8.64. The Balaban J connectivity index is 2.63. The van der Waals surface area contributed by atoms with Crippen LogP contribution in [0.2, 0.25) is 0 Å². The maximum absolute atomic E-state index is 13.7. The predicted octanol–water partition coefficient (Wildman–Crippen LogP) is 0.387. The van der Waals surface area contributed by atoms with Gasteiger partial charge in [-0.3, -0.25) is 4.79 Å². The average Bonchev–Trinajstić information content (AvgIpc) is 2.71. The second-order valence-electron chi connectivity index (χ2n) is 3.48. The summed E-state index contributed by atoms with van der Waals surface area (Å²) in [6, 6.07) is 1.04. The first-order valence-corrected chi connectivity index (χ1v) is 4.80. The molecule has 0 fully saturated rings. The first-order valence-electron chi connectivity index (χ1n) is 4.80. The molecular weight excluding hydrogens is 233 g/mol. The van der Waals surface area contributed by atoms with E-state index < -0.39 is 23.5 Å². The van der Waals surface area contributed by atoms with Gasteiger partial charge in [-0.25, -0.2) is 4.39 Å². The number of phenolic OH excluding ortho intramolecular Hbond substituents is 1. The van der Waals surface area contributed by atoms with E-state index in [4.69, 9.17) is 20.3 Å². The van der Waals surface area contributed by atoms with E-state index in [0.717, 1.165) is 6.07 Å². The van der Waals surface area contributed by atoms with E-state index in [9.17, 15) is 14.3 Å². The summed E-state index contributed by atoms with van der Waals surface area (Å²) >= 11 is 0. The lowest BCUT2D eigenvalue weighted by atomic mass is 9.97. The van der Waals surface area contributed by atoms with E-state index in [1.165, 1.54) is 0 Å². The average molecular weight is 243 g/mol. The molecule has 17 heavy (non-hydrogen) atoms. The molecule has 1 unspecified atom stereocenters. The Morgan fingerprint density at radius 1 is 1.59 bits per heavy atom. The van der Waals surface area contributed by atoms with Crippen LogP contribution in [0, 0.1) is 5.82 Å². The number of phenols is 1. The normalized spacial score (nSPS) is 14.7. The second kappa shape index (κ2) is 4.10. The largest absolute Gasteiger partial charge is 0.505 e. The number of nitrogens with two attached hydrogens (primary N) is 1. The Labute approximate surface area is 95.4 Å². The number of carboxylic acid groups (broad SMARTS) is 1. The lowest BCUT2D eigenvalue weighted by molar-refractivity contribution is -0.138. The van der Waals surface area contributed by atoms with Crippen molar-refractivity contribution in [2.75, 3.05) is 13.3 Å². The summed E-state index contributed by atoms with van der Waals surface area (Å²) in [5.74, 6) is -4.24. The van der Waals surface area contributed by atoms with Crippen molar-refractivity contribution in [3.8, 4) is 17.2 Å². The van der Waals surface area contributed by atoms with Crippen LogP contribution in [0.5, 0.6) is 17.2 Å². The molecule has 0 saturated carbocycles. The standard InChI is InChI=1S/C10H10FNO5/c11-8-5(13)1-6-9(17-3-16-6)7(8)4(2-12)10(14)15/h1,4,13H,2-3,12H2,(H,14,15). The van der Waals surface area contributed by atoms with Gasteiger partial charge in [0, 0.05) is 12.6 Å². The fourth-order valence-corrected chi connectivity index (χ4v) is 1.68. The Morgan fingerprint density at radius 3 is 2.88 bits per heavy atom. The fourth-order valence-electron chi connectivity index (χ4n) is 1.68. The van der Waals surface area contributed by atoms with Gasteiger partial charge in [-0.05, 0) is 0 Å². The first kappa shape index (κ1) is 11.5. The van der Waals surface area contributed by atoms with Gasteiger partial charge >= 0.3 is 5.97 Å². The van der Waals surface area contributed by atoms with Gasteiger partial charge in [-0.2, -0.15) is 0 Å². The highest BCUT2D eigenvalue weighted by molar-refractivity contribution is 5.79. The molecule has 6 nitrogen and oxygen atoms in total. The van der Waals surface area contributed by atoms with Crippen LogP contribution >= 0.6 is 0 Å². The van der Waals surface area contributed by atoms with Crippen LogP contribution in [0.15, 0.2) is 6.07 Å². The van der Waals surface area contributed by atoms with Crippen LogP contribution in [0.25, 0.3) is 0 Å². The van der Waals surface area contributed by atoms with Gasteiger partial charge < -0.3 is 25.4 Å². The quantitative estimate of drug-likeness (QED) is 0.709. The molecule has 1 heterocycles. The SMILES string of the molecule is NCC(C(=O)O)c1c(F)c(O)cc2c1OCO2. The Morgan fingerprint density at radius 2 is 2.29 bits per heavy atom. The van der Waals surface area contributed by atoms with Gasteiger partial charge in [0.05, 0.1) is 5.56 Å². The highest BCUT2D eigenvalue weighted by atomic mass is 19.1. The van der Waals surface area contributed by atoms with Crippen molar-refractivity contribution < 1.29 is 28.9 Å². The minimum absolute atomic E-state index is 0.0156. The third-order valence-electron chi connectivity index (χ3n) is 2.50. The van der Waals surface area contributed by atoms with E-state index in [-0.39, 0.29) is 30.4 Å². The van der Waals surface area contributed by atoms with Gasteiger partial charge in [-0.15, -0.1) is 0 Å². The summed E-state index contributed by atoms with van der Waals surface area (Å²) in [5.41, 5.74) is 5.01. The molecule has 0 saturated heterocycles. The number of fused-ring (bicyclic) bond motifs is 1. The molecule has 4 N–H and O–H groups in total. The van der Waals surface area contributed by atoms with E-state index in [1.54, 1.807) is 0 Å². The molecule has 0 amide bonds. The molecule has 7 heteroatoms. The molecule has 0 spiro atoms. The number of aliphatic carboxylic acids is 1. The maximum atomic E-state index is 13.7. The minimum Gasteiger partial charge on any atom is -0.505 e. The van der Waals surface area contributed by atoms with Crippen LogP contribution in [-0.4, -0.2) is 29.5 Å². The van der Waals surface area contributed by atoms with Crippen LogP contribution in [0.3, 0.4) is 0 Å². The number of halogens is 1. The fraction of sp³-hybridized carbons (Fsp3) is 0.300. The molecule has 1 aliphatic rings. The summed E-state index contributed by atoms with van der Waals surface area (Å²) in [4.78, 5) is 11.0. The van der Waals surface area contributed by atoms with Crippen molar-refractivity contribution in [3.05, 3.63) is 17.4 Å². The summed E-state index contributed by atoms with van der Waals surface area (Å²) in [6.07, 6.45) is 0. The number of carbonyl (C=O) groups is 1. The van der Waals surface area contributed by atoms with Gasteiger partial charge in [0.2, 0.25) is 6.79 Å². The van der Waals surface area contributed by atoms with Crippen molar-refractivity contribution in [1.29, 1.82) is 0 Å². The Kier molecular flexibility index (Phi) is 2.76. The summed E-state index contributed by atoms with van der Waals surface area (Å²) < 4.78 is 23.7. The summed E-state index contributed by atoms with van der Waals surface area (Å²) in [6.45, 7) is -0.465. The van der Waals surface area contributed by atoms with Gasteiger partial charge in [-0.1, -0.05) is 0 Å². The third kappa shape index (κ3) is 1.74. The number of ether oxygens (including phenoxy) is 2. The van der Waals surface area contributed by atoms with Crippen LogP contribution < -0.4 is 15.2 Å². The van der Waals surface area contributed by atoms with Crippen molar-refractivity contribution in [2.24, 2.45) is 5.73 Å². The molecule has 0 aromatic heterocycles. The van der Waals surface area contributed by atoms with E-state index in [1.807, 2.05) is 0 Å². The first-order chi connectivity index (χ1) is 8.06. The van der Waals surface area contributed by atoms with Gasteiger partial charge in [0.25, 0.3) is 0 Å². The number of hydrogen-bond donors (Lipinski definition) is 3.